The molecule has 0 heterocycles. The monoisotopic (exact) mass is 214 g/mol. The lowest BCUT2D eigenvalue weighted by atomic mass is 10.9. The summed E-state index contributed by atoms with van der Waals surface area (Å²) < 4.78 is 9.80. The van der Waals surface area contributed by atoms with Gasteiger partial charge in [0.1, 0.15) is 0 Å². The smallest absolute Gasteiger partial charge is 0.0561 e. The van der Waals surface area contributed by atoms with E-state index in [9.17, 15) is 0 Å². The predicted octanol–water partition coefficient (Wildman–Crippen LogP) is 2.31. The van der Waals surface area contributed by atoms with E-state index in [4.69, 9.17) is 9.47 Å². The van der Waals surface area contributed by atoms with E-state index in [1.165, 1.54) is 0 Å². The van der Waals surface area contributed by atoms with Crippen LogP contribution in [0.4, 0.5) is 0 Å². The van der Waals surface area contributed by atoms with Crippen LogP contribution < -0.4 is 0 Å². The van der Waals surface area contributed by atoms with Crippen molar-refractivity contribution in [2.75, 3.05) is 38.9 Å². The van der Waals surface area contributed by atoms with Crippen LogP contribution in [0.15, 0.2) is 0 Å². The van der Waals surface area contributed by atoms with Gasteiger partial charge in [0.25, 0.3) is 0 Å². The first-order valence-electron chi connectivity index (χ1n) is 3.30. The molecule has 0 amide bonds. The van der Waals surface area contributed by atoms with Crippen LogP contribution in [0.2, 0.25) is 0 Å². The van der Waals surface area contributed by atoms with Gasteiger partial charge in [-0.3, -0.25) is 0 Å². The summed E-state index contributed by atoms with van der Waals surface area (Å²) >= 11 is 0. The molecule has 0 unspecified atom stereocenters. The van der Waals surface area contributed by atoms with Crippen molar-refractivity contribution in [1.29, 1.82) is 0 Å². The Balaban J connectivity index is 2.69. The van der Waals surface area contributed by atoms with E-state index < -0.39 is 0 Å². The third-order valence-corrected chi connectivity index (χ3v) is 5.01. The molecule has 0 fully saturated rings. The second kappa shape index (κ2) is 11.0. The van der Waals surface area contributed by atoms with E-state index in [1.54, 1.807) is 24.0 Å². The summed E-state index contributed by atoms with van der Waals surface area (Å²) in [6, 6.07) is 0. The van der Waals surface area contributed by atoms with Crippen LogP contribution in [0.25, 0.3) is 0 Å². The lowest BCUT2D eigenvalue weighted by Crippen LogP contribution is -1.90. The molecule has 68 valence electrons. The average molecular weight is 214 g/mol. The van der Waals surface area contributed by atoms with E-state index in [-0.39, 0.29) is 0 Å². The standard InChI is InChI=1S/C6H14O2S3/c1-7-3-5-9-11-10-6-4-8-2/h3-6H2,1-2H3. The van der Waals surface area contributed by atoms with Gasteiger partial charge in [-0.1, -0.05) is 21.6 Å². The third kappa shape index (κ3) is 11.0. The number of hydrogen-bond acceptors (Lipinski definition) is 5. The van der Waals surface area contributed by atoms with E-state index in [2.05, 4.69) is 0 Å². The first-order valence-corrected chi connectivity index (χ1v) is 7.13. The molecule has 5 heteroatoms. The number of ether oxygens (including phenoxy) is 2. The maximum atomic E-state index is 4.90. The van der Waals surface area contributed by atoms with Crippen molar-refractivity contribution >= 4 is 31.4 Å². The zero-order chi connectivity index (χ0) is 8.36. The molecule has 0 saturated carbocycles. The summed E-state index contributed by atoms with van der Waals surface area (Å²) in [7, 11) is 8.91. The molecule has 0 aromatic rings. The zero-order valence-electron chi connectivity index (χ0n) is 6.87. The van der Waals surface area contributed by atoms with Crippen molar-refractivity contribution in [3.63, 3.8) is 0 Å². The number of rotatable bonds is 8. The second-order valence-corrected chi connectivity index (χ2v) is 6.17. The number of methoxy groups -OCH3 is 2. The van der Waals surface area contributed by atoms with Gasteiger partial charge in [-0.25, -0.2) is 0 Å². The average Bonchev–Trinajstić information content (AvgIpc) is 2.03. The fraction of sp³-hybridized carbons (Fsp3) is 1.00. The molecule has 11 heavy (non-hydrogen) atoms. The summed E-state index contributed by atoms with van der Waals surface area (Å²) in [4.78, 5) is 0. The minimum atomic E-state index is 0.836. The highest BCUT2D eigenvalue weighted by Crippen LogP contribution is 2.33. The van der Waals surface area contributed by atoms with Crippen LogP contribution in [-0.2, 0) is 9.47 Å². The van der Waals surface area contributed by atoms with Crippen molar-refractivity contribution in [3.05, 3.63) is 0 Å². The Labute approximate surface area is 80.0 Å². The fourth-order valence-electron chi connectivity index (χ4n) is 0.337. The molecule has 0 rings (SSSR count). The molecule has 0 spiro atoms. The summed E-state index contributed by atoms with van der Waals surface area (Å²) in [5.41, 5.74) is 0. The largest absolute Gasteiger partial charge is 0.384 e. The maximum absolute atomic E-state index is 4.90. The maximum Gasteiger partial charge on any atom is 0.0561 e. The Morgan fingerprint density at radius 1 is 0.909 bits per heavy atom. The van der Waals surface area contributed by atoms with E-state index in [0.29, 0.717) is 0 Å². The second-order valence-electron chi connectivity index (χ2n) is 1.70. The van der Waals surface area contributed by atoms with Crippen LogP contribution >= 0.6 is 31.4 Å². The molecular formula is C6H14O2S3. The van der Waals surface area contributed by atoms with Gasteiger partial charge in [-0.2, -0.15) is 0 Å². The highest BCUT2D eigenvalue weighted by molar-refractivity contribution is 9.09. The highest BCUT2D eigenvalue weighted by atomic mass is 33.5. The Morgan fingerprint density at radius 2 is 1.36 bits per heavy atom. The predicted molar refractivity (Wildman–Crippen MR) is 56.3 cm³/mol. The molecule has 0 radical (unpaired) electrons. The van der Waals surface area contributed by atoms with Gasteiger partial charge in [0.2, 0.25) is 0 Å². The molecule has 2 nitrogen and oxygen atoms in total. The van der Waals surface area contributed by atoms with Crippen LogP contribution in [0, 0.1) is 0 Å². The van der Waals surface area contributed by atoms with E-state index in [1.807, 2.05) is 21.6 Å². The van der Waals surface area contributed by atoms with Gasteiger partial charge in [-0.15, -0.1) is 0 Å². The molecule has 0 aromatic heterocycles. The van der Waals surface area contributed by atoms with Crippen molar-refractivity contribution in [3.8, 4) is 0 Å². The zero-order valence-corrected chi connectivity index (χ0v) is 9.32. The molecule has 0 aliphatic rings. The molecule has 0 aromatic carbocycles. The summed E-state index contributed by atoms with van der Waals surface area (Å²) in [5.74, 6) is 2.11. The summed E-state index contributed by atoms with van der Waals surface area (Å²) in [6.07, 6.45) is 0. The van der Waals surface area contributed by atoms with Gasteiger partial charge in [-0.05, 0) is 9.83 Å². The lowest BCUT2D eigenvalue weighted by Gasteiger charge is -1.98. The van der Waals surface area contributed by atoms with Gasteiger partial charge in [0.05, 0.1) is 13.2 Å². The molecule has 0 aliphatic carbocycles. The Hall–Kier alpha value is 0.970. The fourth-order valence-corrected chi connectivity index (χ4v) is 3.87. The third-order valence-electron chi connectivity index (χ3n) is 0.838. The molecule has 0 bridgehead atoms. The van der Waals surface area contributed by atoms with Crippen LogP contribution in [-0.4, -0.2) is 38.9 Å². The van der Waals surface area contributed by atoms with Crippen LogP contribution in [0.5, 0.6) is 0 Å². The molecule has 0 atom stereocenters. The van der Waals surface area contributed by atoms with Crippen LogP contribution in [0.3, 0.4) is 0 Å². The number of hydrogen-bond donors (Lipinski definition) is 0. The molecule has 0 N–H and O–H groups in total. The Bertz CT molecular complexity index is 64.8. The summed E-state index contributed by atoms with van der Waals surface area (Å²) in [6.45, 7) is 1.67. The van der Waals surface area contributed by atoms with E-state index in [0.717, 1.165) is 24.7 Å². The molecular weight excluding hydrogens is 200 g/mol. The van der Waals surface area contributed by atoms with Crippen molar-refractivity contribution < 1.29 is 9.47 Å². The lowest BCUT2D eigenvalue weighted by molar-refractivity contribution is 0.219. The van der Waals surface area contributed by atoms with Crippen molar-refractivity contribution in [1.82, 2.24) is 0 Å². The topological polar surface area (TPSA) is 18.5 Å². The van der Waals surface area contributed by atoms with Gasteiger partial charge >= 0.3 is 0 Å². The molecule has 0 saturated heterocycles. The van der Waals surface area contributed by atoms with Gasteiger partial charge in [0.15, 0.2) is 0 Å². The van der Waals surface area contributed by atoms with Crippen LogP contribution in [0.1, 0.15) is 0 Å². The van der Waals surface area contributed by atoms with E-state index >= 15 is 0 Å². The minimum Gasteiger partial charge on any atom is -0.384 e. The first kappa shape index (κ1) is 12.0. The first-order chi connectivity index (χ1) is 5.41. The molecule has 0 aliphatic heterocycles. The SMILES string of the molecule is COCCSSSCCOC. The highest BCUT2D eigenvalue weighted by Gasteiger charge is 1.90. The Morgan fingerprint density at radius 3 is 1.73 bits per heavy atom. The van der Waals surface area contributed by atoms with Crippen molar-refractivity contribution in [2.45, 2.75) is 0 Å². The quantitative estimate of drug-likeness (QED) is 0.454. The normalized spacial score (nSPS) is 10.4. The van der Waals surface area contributed by atoms with Gasteiger partial charge in [0, 0.05) is 25.7 Å². The summed E-state index contributed by atoms with van der Waals surface area (Å²) in [5, 5.41) is 0. The van der Waals surface area contributed by atoms with Gasteiger partial charge < -0.3 is 9.47 Å². The minimum absolute atomic E-state index is 0.836. The Kier molecular flexibility index (Phi) is 11.9. The van der Waals surface area contributed by atoms with Crippen molar-refractivity contribution in [2.24, 2.45) is 0 Å².